The largest absolute Gasteiger partial charge is 0.299 e. The van der Waals surface area contributed by atoms with Crippen molar-refractivity contribution in [2.75, 3.05) is 13.6 Å². The molecule has 1 aromatic carbocycles. The summed E-state index contributed by atoms with van der Waals surface area (Å²) in [5, 5.41) is 0. The molecule has 6 heteroatoms. The van der Waals surface area contributed by atoms with Crippen LogP contribution in [0.3, 0.4) is 0 Å². The fourth-order valence-electron chi connectivity index (χ4n) is 1.91. The van der Waals surface area contributed by atoms with Gasteiger partial charge in [0.15, 0.2) is 0 Å². The minimum atomic E-state index is -3.55. The lowest BCUT2D eigenvalue weighted by Gasteiger charge is -2.24. The van der Waals surface area contributed by atoms with Crippen LogP contribution in [0.2, 0.25) is 0 Å². The van der Waals surface area contributed by atoms with Gasteiger partial charge in [-0.15, -0.1) is 0 Å². The first-order chi connectivity index (χ1) is 8.90. The molecule has 0 aliphatic heterocycles. The summed E-state index contributed by atoms with van der Waals surface area (Å²) in [5.74, 6) is -0.444. The van der Waals surface area contributed by atoms with Gasteiger partial charge in [0.1, 0.15) is 5.82 Å². The highest BCUT2D eigenvalue weighted by Crippen LogP contribution is 2.26. The van der Waals surface area contributed by atoms with E-state index in [-0.39, 0.29) is 10.9 Å². The molecule has 1 aliphatic rings. The number of likely N-dealkylation sites (N-methyl/N-ethyl adjacent to an activating group) is 1. The topological polar surface area (TPSA) is 49.4 Å². The third-order valence-electron chi connectivity index (χ3n) is 3.51. The monoisotopic (exact) mass is 286 g/mol. The number of hydrogen-bond acceptors (Lipinski definition) is 3. The summed E-state index contributed by atoms with van der Waals surface area (Å²) in [4.78, 5) is 2.28. The molecule has 0 bridgehead atoms. The predicted molar refractivity (Wildman–Crippen MR) is 71.8 cm³/mol. The van der Waals surface area contributed by atoms with Gasteiger partial charge in [-0.05, 0) is 51.1 Å². The molecule has 0 heterocycles. The molecular weight excluding hydrogens is 267 g/mol. The lowest BCUT2D eigenvalue weighted by Crippen LogP contribution is -2.41. The number of rotatable bonds is 6. The van der Waals surface area contributed by atoms with E-state index in [2.05, 4.69) is 9.62 Å². The second kappa shape index (κ2) is 5.56. The fourth-order valence-corrected chi connectivity index (χ4v) is 3.03. The standard InChI is InChI=1S/C13H19FN2O2S/c1-10(16(2)12-5-6-12)9-15-19(17,18)13-7-3-11(14)4-8-13/h3-4,7-8,10,12,15H,5-6,9H2,1-2H3. The summed E-state index contributed by atoms with van der Waals surface area (Å²) in [6.45, 7) is 2.35. The average molecular weight is 286 g/mol. The molecule has 1 atom stereocenters. The van der Waals surface area contributed by atoms with Gasteiger partial charge >= 0.3 is 0 Å². The lowest BCUT2D eigenvalue weighted by atomic mass is 10.3. The lowest BCUT2D eigenvalue weighted by molar-refractivity contribution is 0.248. The Labute approximate surface area is 113 Å². The maximum atomic E-state index is 12.8. The Kier molecular flexibility index (Phi) is 4.23. The Morgan fingerprint density at radius 3 is 2.47 bits per heavy atom. The van der Waals surface area contributed by atoms with Gasteiger partial charge in [-0.3, -0.25) is 4.90 Å². The van der Waals surface area contributed by atoms with E-state index in [4.69, 9.17) is 0 Å². The molecule has 0 amide bonds. The summed E-state index contributed by atoms with van der Waals surface area (Å²) < 4.78 is 39.3. The predicted octanol–water partition coefficient (Wildman–Crippen LogP) is 1.59. The second-order valence-corrected chi connectivity index (χ2v) is 6.82. The zero-order valence-corrected chi connectivity index (χ0v) is 12.0. The molecule has 1 saturated carbocycles. The highest BCUT2D eigenvalue weighted by atomic mass is 32.2. The highest BCUT2D eigenvalue weighted by molar-refractivity contribution is 7.89. The number of sulfonamides is 1. The molecule has 19 heavy (non-hydrogen) atoms. The van der Waals surface area contributed by atoms with Crippen LogP contribution in [0.25, 0.3) is 0 Å². The van der Waals surface area contributed by atoms with E-state index in [1.807, 2.05) is 14.0 Å². The normalized spacial score (nSPS) is 17.7. The second-order valence-electron chi connectivity index (χ2n) is 5.05. The van der Waals surface area contributed by atoms with Crippen LogP contribution in [0.5, 0.6) is 0 Å². The third kappa shape index (κ3) is 3.75. The summed E-state index contributed by atoms with van der Waals surface area (Å²) in [5.41, 5.74) is 0. The van der Waals surface area contributed by atoms with Crippen molar-refractivity contribution in [3.63, 3.8) is 0 Å². The SMILES string of the molecule is CC(CNS(=O)(=O)c1ccc(F)cc1)N(C)C1CC1. The fraction of sp³-hybridized carbons (Fsp3) is 0.538. The van der Waals surface area contributed by atoms with E-state index in [0.29, 0.717) is 12.6 Å². The maximum absolute atomic E-state index is 12.8. The van der Waals surface area contributed by atoms with Crippen molar-refractivity contribution in [1.82, 2.24) is 9.62 Å². The van der Waals surface area contributed by atoms with Gasteiger partial charge in [0.05, 0.1) is 4.90 Å². The molecule has 1 aromatic rings. The van der Waals surface area contributed by atoms with Crippen LogP contribution in [0.15, 0.2) is 29.2 Å². The van der Waals surface area contributed by atoms with Crippen LogP contribution in [0.4, 0.5) is 4.39 Å². The first-order valence-electron chi connectivity index (χ1n) is 6.37. The van der Waals surface area contributed by atoms with E-state index in [0.717, 1.165) is 12.1 Å². The molecule has 0 aromatic heterocycles. The molecular formula is C13H19FN2O2S. The van der Waals surface area contributed by atoms with Crippen LogP contribution >= 0.6 is 0 Å². The molecule has 0 radical (unpaired) electrons. The van der Waals surface area contributed by atoms with Crippen molar-refractivity contribution in [2.24, 2.45) is 0 Å². The number of hydrogen-bond donors (Lipinski definition) is 1. The first-order valence-corrected chi connectivity index (χ1v) is 7.85. The van der Waals surface area contributed by atoms with Gasteiger partial charge in [0.25, 0.3) is 0 Å². The van der Waals surface area contributed by atoms with Crippen molar-refractivity contribution in [2.45, 2.75) is 36.7 Å². The Bertz CT molecular complexity index is 526. The molecule has 106 valence electrons. The smallest absolute Gasteiger partial charge is 0.240 e. The van der Waals surface area contributed by atoms with Crippen LogP contribution in [-0.4, -0.2) is 39.0 Å². The quantitative estimate of drug-likeness (QED) is 0.864. The van der Waals surface area contributed by atoms with Gasteiger partial charge in [0.2, 0.25) is 10.0 Å². The number of nitrogens with zero attached hydrogens (tertiary/aromatic N) is 1. The Balaban J connectivity index is 1.95. The molecule has 1 N–H and O–H groups in total. The molecule has 4 nitrogen and oxygen atoms in total. The molecule has 1 aliphatic carbocycles. The van der Waals surface area contributed by atoms with E-state index >= 15 is 0 Å². The van der Waals surface area contributed by atoms with Gasteiger partial charge in [-0.1, -0.05) is 0 Å². The van der Waals surface area contributed by atoms with Crippen LogP contribution < -0.4 is 4.72 Å². The van der Waals surface area contributed by atoms with Gasteiger partial charge in [-0.25, -0.2) is 17.5 Å². The van der Waals surface area contributed by atoms with Crippen molar-refractivity contribution in [3.05, 3.63) is 30.1 Å². The van der Waals surface area contributed by atoms with Crippen LogP contribution in [0.1, 0.15) is 19.8 Å². The van der Waals surface area contributed by atoms with Gasteiger partial charge < -0.3 is 0 Å². The van der Waals surface area contributed by atoms with Crippen LogP contribution in [0, 0.1) is 5.82 Å². The Morgan fingerprint density at radius 1 is 1.37 bits per heavy atom. The molecule has 0 saturated heterocycles. The van der Waals surface area contributed by atoms with E-state index in [1.54, 1.807) is 0 Å². The molecule has 0 spiro atoms. The first kappa shape index (κ1) is 14.4. The number of benzene rings is 1. The number of halogens is 1. The van der Waals surface area contributed by atoms with E-state index < -0.39 is 15.8 Å². The Hall–Kier alpha value is -0.980. The minimum Gasteiger partial charge on any atom is -0.299 e. The zero-order valence-electron chi connectivity index (χ0n) is 11.1. The average Bonchev–Trinajstić information content (AvgIpc) is 3.20. The highest BCUT2D eigenvalue weighted by Gasteiger charge is 2.29. The summed E-state index contributed by atoms with van der Waals surface area (Å²) in [7, 11) is -1.55. The van der Waals surface area contributed by atoms with E-state index in [9.17, 15) is 12.8 Å². The van der Waals surface area contributed by atoms with Crippen LogP contribution in [-0.2, 0) is 10.0 Å². The molecule has 1 unspecified atom stereocenters. The summed E-state index contributed by atoms with van der Waals surface area (Å²) >= 11 is 0. The van der Waals surface area contributed by atoms with Crippen molar-refractivity contribution in [1.29, 1.82) is 0 Å². The van der Waals surface area contributed by atoms with Crippen molar-refractivity contribution < 1.29 is 12.8 Å². The summed E-state index contributed by atoms with van der Waals surface area (Å²) in [6.07, 6.45) is 2.37. The van der Waals surface area contributed by atoms with E-state index in [1.165, 1.54) is 25.0 Å². The van der Waals surface area contributed by atoms with Gasteiger partial charge in [0, 0.05) is 18.6 Å². The Morgan fingerprint density at radius 2 is 1.95 bits per heavy atom. The molecule has 2 rings (SSSR count). The number of nitrogens with one attached hydrogen (secondary N) is 1. The summed E-state index contributed by atoms with van der Waals surface area (Å²) in [6, 6.07) is 5.57. The maximum Gasteiger partial charge on any atom is 0.240 e. The minimum absolute atomic E-state index is 0.0928. The van der Waals surface area contributed by atoms with Gasteiger partial charge in [-0.2, -0.15) is 0 Å². The van der Waals surface area contributed by atoms with Crippen molar-refractivity contribution >= 4 is 10.0 Å². The third-order valence-corrected chi connectivity index (χ3v) is 4.95. The van der Waals surface area contributed by atoms with Crippen molar-refractivity contribution in [3.8, 4) is 0 Å². The zero-order chi connectivity index (χ0) is 14.0. The molecule has 1 fully saturated rings.